The third-order valence-corrected chi connectivity index (χ3v) is 2.78. The first kappa shape index (κ1) is 12.0. The smallest absolute Gasteiger partial charge is 0.387 e. The molecule has 1 N–H and O–H groups in total. The van der Waals surface area contributed by atoms with Gasteiger partial charge in [-0.2, -0.15) is 8.78 Å². The molecule has 0 aliphatic rings. The van der Waals surface area contributed by atoms with Crippen LogP contribution in [-0.4, -0.2) is 20.1 Å². The van der Waals surface area contributed by atoms with Crippen LogP contribution in [0.3, 0.4) is 0 Å². The van der Waals surface area contributed by atoms with Crippen LogP contribution in [0.5, 0.6) is 11.5 Å². The summed E-state index contributed by atoms with van der Waals surface area (Å²) >= 11 is 0. The highest BCUT2D eigenvalue weighted by molar-refractivity contribution is 8.13. The number of alkyl halides is 2. The highest BCUT2D eigenvalue weighted by atomic mass is 35.7. The Kier molecular flexibility index (Phi) is 3.35. The Morgan fingerprint density at radius 1 is 1.40 bits per heavy atom. The maximum Gasteiger partial charge on any atom is 0.387 e. The van der Waals surface area contributed by atoms with E-state index in [4.69, 9.17) is 15.8 Å². The van der Waals surface area contributed by atoms with Crippen molar-refractivity contribution in [1.29, 1.82) is 0 Å². The van der Waals surface area contributed by atoms with E-state index in [0.717, 1.165) is 18.2 Å². The second-order valence-corrected chi connectivity index (χ2v) is 5.01. The molecule has 0 spiro atoms. The quantitative estimate of drug-likeness (QED) is 0.842. The van der Waals surface area contributed by atoms with Crippen LogP contribution in [0, 0.1) is 0 Å². The lowest BCUT2D eigenvalue weighted by Gasteiger charge is -2.06. The molecule has 0 radical (unpaired) electrons. The summed E-state index contributed by atoms with van der Waals surface area (Å²) in [6, 6.07) is 2.55. The van der Waals surface area contributed by atoms with E-state index in [1.165, 1.54) is 0 Å². The maximum absolute atomic E-state index is 11.8. The third kappa shape index (κ3) is 3.21. The normalized spacial score (nSPS) is 11.7. The number of benzene rings is 1. The molecule has 0 fully saturated rings. The summed E-state index contributed by atoms with van der Waals surface area (Å²) in [6.45, 7) is -3.10. The predicted octanol–water partition coefficient (Wildman–Crippen LogP) is 1.92. The van der Waals surface area contributed by atoms with Gasteiger partial charge >= 0.3 is 6.61 Å². The Bertz CT molecular complexity index is 460. The largest absolute Gasteiger partial charge is 0.504 e. The molecule has 0 aromatic heterocycles. The molecule has 0 unspecified atom stereocenters. The van der Waals surface area contributed by atoms with E-state index in [-0.39, 0.29) is 0 Å². The lowest BCUT2D eigenvalue weighted by molar-refractivity contribution is -0.0512. The molecule has 1 aromatic carbocycles. The molecule has 0 saturated heterocycles. The van der Waals surface area contributed by atoms with Crippen LogP contribution >= 0.6 is 10.7 Å². The zero-order valence-corrected chi connectivity index (χ0v) is 8.60. The molecular formula is C7H5ClF2O4S. The first-order chi connectivity index (χ1) is 6.80. The predicted molar refractivity (Wildman–Crippen MR) is 47.8 cm³/mol. The molecule has 84 valence electrons. The monoisotopic (exact) mass is 258 g/mol. The van der Waals surface area contributed by atoms with Crippen LogP contribution in [0.25, 0.3) is 0 Å². The fraction of sp³-hybridized carbons (Fsp3) is 0.143. The van der Waals surface area contributed by atoms with Gasteiger partial charge in [-0.05, 0) is 12.1 Å². The number of phenols is 1. The minimum absolute atomic E-state index is 0.400. The number of phenolic OH excluding ortho intramolecular Hbond substituents is 1. The van der Waals surface area contributed by atoms with E-state index in [1.807, 2.05) is 0 Å². The lowest BCUT2D eigenvalue weighted by atomic mass is 10.3. The van der Waals surface area contributed by atoms with Gasteiger partial charge < -0.3 is 9.84 Å². The summed E-state index contributed by atoms with van der Waals surface area (Å²) in [6.07, 6.45) is 0. The van der Waals surface area contributed by atoms with Crippen molar-refractivity contribution in [2.24, 2.45) is 0 Å². The number of aromatic hydroxyl groups is 1. The summed E-state index contributed by atoms with van der Waals surface area (Å²) < 4.78 is 49.0. The highest BCUT2D eigenvalue weighted by Crippen LogP contribution is 2.30. The minimum Gasteiger partial charge on any atom is -0.504 e. The molecule has 15 heavy (non-hydrogen) atoms. The molecule has 0 aliphatic heterocycles. The van der Waals surface area contributed by atoms with E-state index < -0.39 is 32.1 Å². The number of hydrogen-bond acceptors (Lipinski definition) is 4. The van der Waals surface area contributed by atoms with Crippen molar-refractivity contribution in [3.8, 4) is 11.5 Å². The highest BCUT2D eigenvalue weighted by Gasteiger charge is 2.15. The van der Waals surface area contributed by atoms with Crippen molar-refractivity contribution >= 4 is 19.7 Å². The van der Waals surface area contributed by atoms with Gasteiger partial charge in [0, 0.05) is 16.7 Å². The van der Waals surface area contributed by atoms with Gasteiger partial charge in [-0.1, -0.05) is 0 Å². The molecule has 0 aliphatic carbocycles. The van der Waals surface area contributed by atoms with E-state index in [9.17, 15) is 17.2 Å². The zero-order chi connectivity index (χ0) is 11.6. The van der Waals surface area contributed by atoms with Crippen LogP contribution in [0.2, 0.25) is 0 Å². The van der Waals surface area contributed by atoms with Crippen LogP contribution < -0.4 is 4.74 Å². The molecule has 1 aromatic rings. The fourth-order valence-electron chi connectivity index (χ4n) is 0.844. The molecule has 0 heterocycles. The average molecular weight is 259 g/mol. The minimum atomic E-state index is -4.00. The number of halogens is 3. The van der Waals surface area contributed by atoms with Gasteiger partial charge in [-0.3, -0.25) is 0 Å². The fourth-order valence-corrected chi connectivity index (χ4v) is 1.62. The molecule has 0 bridgehead atoms. The third-order valence-electron chi connectivity index (χ3n) is 1.43. The van der Waals surface area contributed by atoms with Crippen LogP contribution in [0.1, 0.15) is 0 Å². The van der Waals surface area contributed by atoms with Crippen LogP contribution in [0.4, 0.5) is 8.78 Å². The summed E-state index contributed by atoms with van der Waals surface area (Å²) in [4.78, 5) is -0.400. The number of hydrogen-bond donors (Lipinski definition) is 1. The molecule has 4 nitrogen and oxygen atoms in total. The zero-order valence-electron chi connectivity index (χ0n) is 7.02. The van der Waals surface area contributed by atoms with Gasteiger partial charge in [-0.15, -0.1) is 0 Å². The summed E-state index contributed by atoms with van der Waals surface area (Å²) in [5.41, 5.74) is 0. The Labute approximate surface area is 88.5 Å². The van der Waals surface area contributed by atoms with Gasteiger partial charge in [0.05, 0.1) is 4.90 Å². The molecule has 1 rings (SSSR count). The number of ether oxygens (including phenoxy) is 1. The van der Waals surface area contributed by atoms with E-state index in [1.54, 1.807) is 0 Å². The van der Waals surface area contributed by atoms with Gasteiger partial charge in [0.15, 0.2) is 11.5 Å². The van der Waals surface area contributed by atoms with E-state index in [2.05, 4.69) is 4.74 Å². The lowest BCUT2D eigenvalue weighted by Crippen LogP contribution is -2.02. The topological polar surface area (TPSA) is 63.6 Å². The second kappa shape index (κ2) is 4.19. The Morgan fingerprint density at radius 2 is 2.00 bits per heavy atom. The van der Waals surface area contributed by atoms with Crippen molar-refractivity contribution in [2.45, 2.75) is 11.5 Å². The summed E-state index contributed by atoms with van der Waals surface area (Å²) in [5, 5.41) is 9.12. The van der Waals surface area contributed by atoms with Gasteiger partial charge in [0.25, 0.3) is 9.05 Å². The Hall–Kier alpha value is -1.08. The number of rotatable bonds is 3. The van der Waals surface area contributed by atoms with Gasteiger partial charge in [0.2, 0.25) is 0 Å². The van der Waals surface area contributed by atoms with Gasteiger partial charge in [-0.25, -0.2) is 8.42 Å². The summed E-state index contributed by atoms with van der Waals surface area (Å²) in [7, 11) is 0.959. The Balaban J connectivity index is 3.09. The molecular weight excluding hydrogens is 254 g/mol. The SMILES string of the molecule is O=S(=O)(Cl)c1ccc(OC(F)F)c(O)c1. The second-order valence-electron chi connectivity index (χ2n) is 2.45. The van der Waals surface area contributed by atoms with Crippen molar-refractivity contribution in [1.82, 2.24) is 0 Å². The molecule has 0 saturated carbocycles. The molecule has 0 amide bonds. The maximum atomic E-state index is 11.8. The first-order valence-electron chi connectivity index (χ1n) is 3.53. The average Bonchev–Trinajstić information content (AvgIpc) is 2.05. The van der Waals surface area contributed by atoms with Crippen molar-refractivity contribution in [3.05, 3.63) is 18.2 Å². The van der Waals surface area contributed by atoms with E-state index >= 15 is 0 Å². The van der Waals surface area contributed by atoms with Crippen LogP contribution in [0.15, 0.2) is 23.1 Å². The van der Waals surface area contributed by atoms with Crippen LogP contribution in [-0.2, 0) is 9.05 Å². The van der Waals surface area contributed by atoms with Gasteiger partial charge in [0.1, 0.15) is 0 Å². The van der Waals surface area contributed by atoms with Crippen molar-refractivity contribution < 1.29 is 27.0 Å². The van der Waals surface area contributed by atoms with Crippen molar-refractivity contribution in [2.75, 3.05) is 0 Å². The first-order valence-corrected chi connectivity index (χ1v) is 5.84. The molecule has 0 atom stereocenters. The van der Waals surface area contributed by atoms with Crippen molar-refractivity contribution in [3.63, 3.8) is 0 Å². The Morgan fingerprint density at radius 3 is 2.40 bits per heavy atom. The van der Waals surface area contributed by atoms with E-state index in [0.29, 0.717) is 0 Å². The standard InChI is InChI=1S/C7H5ClF2O4S/c8-15(12,13)4-1-2-6(5(11)3-4)14-7(9)10/h1-3,7,11H. The molecule has 8 heteroatoms. The summed E-state index contributed by atoms with van der Waals surface area (Å²) in [5.74, 6) is -1.24.